The van der Waals surface area contributed by atoms with Gasteiger partial charge in [-0.15, -0.1) is 0 Å². The van der Waals surface area contributed by atoms with Crippen molar-refractivity contribution >= 4 is 17.6 Å². The Balaban J connectivity index is 1.77. The van der Waals surface area contributed by atoms with Crippen molar-refractivity contribution in [2.75, 3.05) is 18.5 Å². The summed E-state index contributed by atoms with van der Waals surface area (Å²) in [5.41, 5.74) is 0.950. The van der Waals surface area contributed by atoms with E-state index in [1.54, 1.807) is 6.07 Å². The first-order chi connectivity index (χ1) is 12.1. The first-order valence-electron chi connectivity index (χ1n) is 8.01. The van der Waals surface area contributed by atoms with Crippen LogP contribution >= 0.6 is 0 Å². The van der Waals surface area contributed by atoms with E-state index < -0.39 is 24.3 Å². The van der Waals surface area contributed by atoms with E-state index in [9.17, 15) is 14.0 Å². The van der Waals surface area contributed by atoms with Crippen molar-refractivity contribution < 1.29 is 23.5 Å². The number of ether oxygens (including phenoxy) is 2. The summed E-state index contributed by atoms with van der Waals surface area (Å²) in [6.45, 7) is 1.97. The Kier molecular flexibility index (Phi) is 6.95. The van der Waals surface area contributed by atoms with Gasteiger partial charge in [0.1, 0.15) is 11.6 Å². The minimum Gasteiger partial charge on any atom is -0.494 e. The number of para-hydroxylation sites is 2. The lowest BCUT2D eigenvalue weighted by Crippen LogP contribution is -2.21. The Hall–Kier alpha value is -2.89. The predicted octanol–water partition coefficient (Wildman–Crippen LogP) is 3.34. The number of hydrogen-bond acceptors (Lipinski definition) is 4. The van der Waals surface area contributed by atoms with Crippen molar-refractivity contribution in [1.29, 1.82) is 0 Å². The maximum absolute atomic E-state index is 13.4. The number of aryl methyl sites for hydroxylation is 1. The highest BCUT2D eigenvalue weighted by Gasteiger charge is 2.11. The molecule has 0 unspecified atom stereocenters. The maximum Gasteiger partial charge on any atom is 0.306 e. The molecule has 0 radical (unpaired) electrons. The van der Waals surface area contributed by atoms with Crippen molar-refractivity contribution in [3.05, 3.63) is 59.9 Å². The number of esters is 1. The number of hydrogen-bond donors (Lipinski definition) is 1. The molecule has 0 saturated carbocycles. The molecule has 2 rings (SSSR count). The predicted molar refractivity (Wildman–Crippen MR) is 91.9 cm³/mol. The van der Waals surface area contributed by atoms with E-state index >= 15 is 0 Å². The van der Waals surface area contributed by atoms with Gasteiger partial charge < -0.3 is 14.8 Å². The molecule has 0 aliphatic rings. The maximum atomic E-state index is 13.4. The molecule has 0 saturated heterocycles. The van der Waals surface area contributed by atoms with E-state index in [2.05, 4.69) is 5.32 Å². The third-order valence-corrected chi connectivity index (χ3v) is 3.38. The van der Waals surface area contributed by atoms with Crippen LogP contribution < -0.4 is 10.1 Å². The summed E-state index contributed by atoms with van der Waals surface area (Å²) < 4.78 is 23.8. The summed E-state index contributed by atoms with van der Waals surface area (Å²) >= 11 is 0. The molecule has 0 aromatic heterocycles. The molecule has 5 nitrogen and oxygen atoms in total. The Morgan fingerprint density at radius 1 is 1.08 bits per heavy atom. The monoisotopic (exact) mass is 345 g/mol. The van der Waals surface area contributed by atoms with Gasteiger partial charge in [0.2, 0.25) is 0 Å². The quantitative estimate of drug-likeness (QED) is 0.745. The molecular weight excluding hydrogens is 325 g/mol. The fourth-order valence-electron chi connectivity index (χ4n) is 2.21. The number of carbonyl (C=O) groups excluding carboxylic acids is 2. The molecule has 25 heavy (non-hydrogen) atoms. The normalized spacial score (nSPS) is 10.2. The zero-order valence-electron chi connectivity index (χ0n) is 14.0. The zero-order chi connectivity index (χ0) is 18.1. The number of benzene rings is 2. The third kappa shape index (κ3) is 5.91. The molecule has 1 N–H and O–H groups in total. The molecular formula is C19H20FNO4. The highest BCUT2D eigenvalue weighted by atomic mass is 19.1. The minimum absolute atomic E-state index is 0.0502. The van der Waals surface area contributed by atoms with Crippen LogP contribution in [-0.4, -0.2) is 25.1 Å². The van der Waals surface area contributed by atoms with Crippen LogP contribution in [0.15, 0.2) is 48.5 Å². The van der Waals surface area contributed by atoms with E-state index in [0.29, 0.717) is 13.0 Å². The SMILES string of the molecule is CCOc1ccccc1CCC(=O)OCC(=O)Nc1ccccc1F. The molecule has 0 aliphatic heterocycles. The molecule has 1 amide bonds. The van der Waals surface area contributed by atoms with E-state index in [1.165, 1.54) is 18.2 Å². The molecule has 2 aromatic carbocycles. The minimum atomic E-state index is -0.590. The first-order valence-corrected chi connectivity index (χ1v) is 8.01. The van der Waals surface area contributed by atoms with Crippen molar-refractivity contribution in [2.24, 2.45) is 0 Å². The van der Waals surface area contributed by atoms with E-state index in [1.807, 2.05) is 31.2 Å². The van der Waals surface area contributed by atoms with Crippen molar-refractivity contribution in [3.63, 3.8) is 0 Å². The molecule has 0 atom stereocenters. The molecule has 132 valence electrons. The summed E-state index contributed by atoms with van der Waals surface area (Å²) in [4.78, 5) is 23.5. The van der Waals surface area contributed by atoms with Crippen LogP contribution in [0.1, 0.15) is 18.9 Å². The zero-order valence-corrected chi connectivity index (χ0v) is 14.0. The highest BCUT2D eigenvalue weighted by Crippen LogP contribution is 2.19. The molecule has 0 bridgehead atoms. The fraction of sp³-hybridized carbons (Fsp3) is 0.263. The van der Waals surface area contributed by atoms with Crippen molar-refractivity contribution in [3.8, 4) is 5.75 Å². The molecule has 2 aromatic rings. The first kappa shape index (κ1) is 18.4. The number of halogens is 1. The van der Waals surface area contributed by atoms with Gasteiger partial charge in [-0.2, -0.15) is 0 Å². The molecule has 0 fully saturated rings. The van der Waals surface area contributed by atoms with Gasteiger partial charge in [-0.05, 0) is 37.1 Å². The van der Waals surface area contributed by atoms with Gasteiger partial charge in [-0.3, -0.25) is 9.59 Å². The number of rotatable bonds is 8. The molecule has 6 heteroatoms. The molecule has 0 spiro atoms. The summed E-state index contributed by atoms with van der Waals surface area (Å²) in [5.74, 6) is -0.909. The lowest BCUT2D eigenvalue weighted by atomic mass is 10.1. The lowest BCUT2D eigenvalue weighted by molar-refractivity contribution is -0.147. The third-order valence-electron chi connectivity index (χ3n) is 3.38. The van der Waals surface area contributed by atoms with Crippen LogP contribution in [-0.2, 0) is 20.7 Å². The smallest absolute Gasteiger partial charge is 0.306 e. The summed E-state index contributed by atoms with van der Waals surface area (Å²) in [6.07, 6.45) is 0.570. The largest absolute Gasteiger partial charge is 0.494 e. The van der Waals surface area contributed by atoms with Crippen LogP contribution in [0.2, 0.25) is 0 Å². The average Bonchev–Trinajstić information content (AvgIpc) is 2.61. The van der Waals surface area contributed by atoms with Crippen molar-refractivity contribution in [2.45, 2.75) is 19.8 Å². The molecule has 0 heterocycles. The molecule has 0 aliphatic carbocycles. The summed E-state index contributed by atoms with van der Waals surface area (Å²) in [7, 11) is 0. The standard InChI is InChI=1S/C19H20FNO4/c1-2-24-17-10-6-3-7-14(17)11-12-19(23)25-13-18(22)21-16-9-5-4-8-15(16)20/h3-10H,2,11-13H2,1H3,(H,21,22). The number of nitrogens with one attached hydrogen (secondary N) is 1. The van der Waals surface area contributed by atoms with Crippen LogP contribution in [0, 0.1) is 5.82 Å². The van der Waals surface area contributed by atoms with Gasteiger partial charge in [-0.1, -0.05) is 30.3 Å². The fourth-order valence-corrected chi connectivity index (χ4v) is 2.21. The van der Waals surface area contributed by atoms with Gasteiger partial charge in [0.05, 0.1) is 12.3 Å². The topological polar surface area (TPSA) is 64.6 Å². The van der Waals surface area contributed by atoms with Gasteiger partial charge in [0, 0.05) is 6.42 Å². The van der Waals surface area contributed by atoms with Crippen LogP contribution in [0.25, 0.3) is 0 Å². The Labute approximate surface area is 145 Å². The van der Waals surface area contributed by atoms with Gasteiger partial charge in [0.25, 0.3) is 5.91 Å². The Bertz CT molecular complexity index is 733. The van der Waals surface area contributed by atoms with E-state index in [0.717, 1.165) is 11.3 Å². The number of anilines is 1. The van der Waals surface area contributed by atoms with Gasteiger partial charge in [0.15, 0.2) is 6.61 Å². The van der Waals surface area contributed by atoms with Crippen LogP contribution in [0.4, 0.5) is 10.1 Å². The average molecular weight is 345 g/mol. The van der Waals surface area contributed by atoms with Crippen LogP contribution in [0.3, 0.4) is 0 Å². The second-order valence-electron chi connectivity index (χ2n) is 5.23. The van der Waals surface area contributed by atoms with Gasteiger partial charge >= 0.3 is 5.97 Å². The van der Waals surface area contributed by atoms with E-state index in [-0.39, 0.29) is 12.1 Å². The van der Waals surface area contributed by atoms with E-state index in [4.69, 9.17) is 9.47 Å². The number of carbonyl (C=O) groups is 2. The summed E-state index contributed by atoms with van der Waals surface area (Å²) in [6, 6.07) is 13.2. The highest BCUT2D eigenvalue weighted by molar-refractivity contribution is 5.92. The van der Waals surface area contributed by atoms with Crippen LogP contribution in [0.5, 0.6) is 5.75 Å². The summed E-state index contributed by atoms with van der Waals surface area (Å²) in [5, 5.41) is 2.35. The Morgan fingerprint density at radius 3 is 2.56 bits per heavy atom. The number of amides is 1. The lowest BCUT2D eigenvalue weighted by Gasteiger charge is -2.10. The Morgan fingerprint density at radius 2 is 1.80 bits per heavy atom. The second-order valence-corrected chi connectivity index (χ2v) is 5.23. The van der Waals surface area contributed by atoms with Crippen molar-refractivity contribution in [1.82, 2.24) is 0 Å². The van der Waals surface area contributed by atoms with Gasteiger partial charge in [-0.25, -0.2) is 4.39 Å². The second kappa shape index (κ2) is 9.42.